The van der Waals surface area contributed by atoms with Crippen molar-refractivity contribution in [2.24, 2.45) is 0 Å². The maximum Gasteiger partial charge on any atom is 0.256 e. The predicted octanol–water partition coefficient (Wildman–Crippen LogP) is 7.54. The highest BCUT2D eigenvalue weighted by Gasteiger charge is 2.31. The first-order valence-corrected chi connectivity index (χ1v) is 9.96. The quantitative estimate of drug-likeness (QED) is 0.419. The topological polar surface area (TPSA) is 3.24 Å². The summed E-state index contributed by atoms with van der Waals surface area (Å²) in [6.07, 6.45) is -1.07. The van der Waals surface area contributed by atoms with Crippen LogP contribution in [0.25, 0.3) is 11.3 Å². The summed E-state index contributed by atoms with van der Waals surface area (Å²) in [7, 11) is 0. The van der Waals surface area contributed by atoms with E-state index in [4.69, 9.17) is 0 Å². The van der Waals surface area contributed by atoms with Crippen molar-refractivity contribution < 1.29 is 17.6 Å². The number of rotatable bonds is 4. The summed E-state index contributed by atoms with van der Waals surface area (Å²) in [5.74, 6) is -1.62. The van der Waals surface area contributed by atoms with Crippen molar-refractivity contribution in [1.82, 2.24) is 4.90 Å². The van der Waals surface area contributed by atoms with Crippen molar-refractivity contribution >= 4 is 27.2 Å². The maximum atomic E-state index is 14.8. The zero-order chi connectivity index (χ0) is 21.7. The van der Waals surface area contributed by atoms with Crippen molar-refractivity contribution in [1.29, 1.82) is 0 Å². The van der Waals surface area contributed by atoms with Crippen molar-refractivity contribution in [2.75, 3.05) is 6.54 Å². The van der Waals surface area contributed by atoms with Crippen molar-refractivity contribution in [3.8, 4) is 0 Å². The molecule has 1 nitrogen and oxygen atoms in total. The van der Waals surface area contributed by atoms with Gasteiger partial charge in [-0.2, -0.15) is 0 Å². The Hall–Kier alpha value is -2.34. The SMILES string of the molecule is C=C1C(Br)=CC(c2ccccc2)=C(c2c(F)cc(C)cc2F)N1CC(F)F.CC. The number of benzene rings is 2. The van der Waals surface area contributed by atoms with Gasteiger partial charge in [0.1, 0.15) is 11.6 Å². The Bertz CT molecular complexity index is 926. The molecule has 0 amide bonds. The first-order chi connectivity index (χ1) is 13.8. The zero-order valence-electron chi connectivity index (χ0n) is 16.4. The van der Waals surface area contributed by atoms with E-state index in [1.54, 1.807) is 43.3 Å². The fourth-order valence-corrected chi connectivity index (χ4v) is 3.50. The molecule has 0 atom stereocenters. The summed E-state index contributed by atoms with van der Waals surface area (Å²) in [4.78, 5) is 1.16. The van der Waals surface area contributed by atoms with Gasteiger partial charge in [0.2, 0.25) is 0 Å². The van der Waals surface area contributed by atoms with Crippen LogP contribution in [0.3, 0.4) is 0 Å². The van der Waals surface area contributed by atoms with Gasteiger partial charge in [0.25, 0.3) is 6.43 Å². The molecule has 3 rings (SSSR count). The molecule has 154 valence electrons. The minimum Gasteiger partial charge on any atom is -0.334 e. The Morgan fingerprint density at radius 2 is 1.59 bits per heavy atom. The third-order valence-corrected chi connectivity index (χ3v) is 4.91. The first-order valence-electron chi connectivity index (χ1n) is 9.17. The minimum absolute atomic E-state index is 0.0321. The second-order valence-corrected chi connectivity index (χ2v) is 7.03. The van der Waals surface area contributed by atoms with E-state index in [9.17, 15) is 17.6 Å². The van der Waals surface area contributed by atoms with E-state index in [0.29, 0.717) is 21.2 Å². The Morgan fingerprint density at radius 3 is 2.10 bits per heavy atom. The monoisotopic (exact) mass is 467 g/mol. The van der Waals surface area contributed by atoms with Crippen LogP contribution in [0.1, 0.15) is 30.5 Å². The van der Waals surface area contributed by atoms with Crippen molar-refractivity contribution in [2.45, 2.75) is 27.2 Å². The average molecular weight is 468 g/mol. The van der Waals surface area contributed by atoms with Gasteiger partial charge in [0.15, 0.2) is 0 Å². The van der Waals surface area contributed by atoms with E-state index in [-0.39, 0.29) is 17.0 Å². The lowest BCUT2D eigenvalue weighted by Crippen LogP contribution is -2.30. The predicted molar refractivity (Wildman–Crippen MR) is 115 cm³/mol. The van der Waals surface area contributed by atoms with Crippen LogP contribution in [-0.2, 0) is 0 Å². The molecule has 2 aromatic carbocycles. The molecule has 29 heavy (non-hydrogen) atoms. The lowest BCUT2D eigenvalue weighted by molar-refractivity contribution is 0.123. The summed E-state index contributed by atoms with van der Waals surface area (Å²) >= 11 is 3.32. The second kappa shape index (κ2) is 9.92. The molecule has 1 aliphatic heterocycles. The minimum atomic E-state index is -2.72. The molecule has 6 heteroatoms. The number of nitrogens with zero attached hydrogens (tertiary/aromatic N) is 1. The van der Waals surface area contributed by atoms with Crippen molar-refractivity contribution in [3.05, 3.63) is 93.6 Å². The molecule has 0 fully saturated rings. The van der Waals surface area contributed by atoms with E-state index in [2.05, 4.69) is 22.5 Å². The van der Waals surface area contributed by atoms with Crippen LogP contribution >= 0.6 is 15.9 Å². The number of allylic oxidation sites excluding steroid dienone is 3. The highest BCUT2D eigenvalue weighted by atomic mass is 79.9. The lowest BCUT2D eigenvalue weighted by Gasteiger charge is -2.34. The number of alkyl halides is 2. The van der Waals surface area contributed by atoms with Crippen LogP contribution in [0.5, 0.6) is 0 Å². The molecular formula is C23H22BrF4N. The van der Waals surface area contributed by atoms with Gasteiger partial charge in [-0.05, 0) is 52.2 Å². The third-order valence-electron chi connectivity index (χ3n) is 4.23. The Balaban J connectivity index is 0.00000145. The molecule has 1 aliphatic rings. The molecule has 0 saturated heterocycles. The summed E-state index contributed by atoms with van der Waals surface area (Å²) in [5.41, 5.74) is 1.38. The Labute approximate surface area is 177 Å². The second-order valence-electron chi connectivity index (χ2n) is 6.17. The van der Waals surface area contributed by atoms with E-state index < -0.39 is 24.6 Å². The van der Waals surface area contributed by atoms with Gasteiger partial charge >= 0.3 is 0 Å². The van der Waals surface area contributed by atoms with Gasteiger partial charge in [-0.15, -0.1) is 0 Å². The van der Waals surface area contributed by atoms with Gasteiger partial charge in [0.05, 0.1) is 17.8 Å². The fourth-order valence-electron chi connectivity index (χ4n) is 3.06. The maximum absolute atomic E-state index is 14.8. The number of halogens is 5. The molecule has 0 saturated carbocycles. The molecule has 2 aromatic rings. The van der Waals surface area contributed by atoms with Crippen LogP contribution < -0.4 is 0 Å². The normalized spacial score (nSPS) is 14.0. The largest absolute Gasteiger partial charge is 0.334 e. The molecular weight excluding hydrogens is 446 g/mol. The Kier molecular flexibility index (Phi) is 7.85. The number of aryl methyl sites for hydroxylation is 1. The summed E-state index contributed by atoms with van der Waals surface area (Å²) in [6.45, 7) is 8.64. The number of hydrogen-bond acceptors (Lipinski definition) is 1. The van der Waals surface area contributed by atoms with E-state index in [1.165, 1.54) is 12.1 Å². The van der Waals surface area contributed by atoms with E-state index in [1.807, 2.05) is 13.8 Å². The third kappa shape index (κ3) is 4.99. The zero-order valence-corrected chi connectivity index (χ0v) is 18.0. The summed E-state index contributed by atoms with van der Waals surface area (Å²) < 4.78 is 56.6. The Morgan fingerprint density at radius 1 is 1.03 bits per heavy atom. The van der Waals surface area contributed by atoms with Gasteiger partial charge in [-0.3, -0.25) is 0 Å². The molecule has 1 heterocycles. The molecule has 0 N–H and O–H groups in total. The van der Waals surface area contributed by atoms with Crippen LogP contribution in [0.4, 0.5) is 17.6 Å². The molecule has 0 spiro atoms. The van der Waals surface area contributed by atoms with Crippen LogP contribution in [-0.4, -0.2) is 17.9 Å². The highest BCUT2D eigenvalue weighted by Crippen LogP contribution is 2.42. The van der Waals surface area contributed by atoms with Gasteiger partial charge in [0, 0.05) is 15.8 Å². The standard InChI is InChI=1S/C21H16BrF4N.C2H6/c1-12-8-17(23)20(18(24)9-12)21-15(14-6-4-3-5-7-14)10-16(22)13(2)27(21)11-19(25)26;1-2/h3-10,19H,2,11H2,1H3;1-2H3. The molecule has 0 aliphatic carbocycles. The molecule has 0 aromatic heterocycles. The van der Waals surface area contributed by atoms with Crippen LogP contribution in [0.15, 0.2) is 65.3 Å². The summed E-state index contributed by atoms with van der Waals surface area (Å²) in [6, 6.07) is 11.2. The van der Waals surface area contributed by atoms with Crippen LogP contribution in [0, 0.1) is 18.6 Å². The van der Waals surface area contributed by atoms with E-state index >= 15 is 0 Å². The van der Waals surface area contributed by atoms with Crippen molar-refractivity contribution in [3.63, 3.8) is 0 Å². The van der Waals surface area contributed by atoms with Gasteiger partial charge in [-0.25, -0.2) is 17.6 Å². The molecule has 0 bridgehead atoms. The highest BCUT2D eigenvalue weighted by molar-refractivity contribution is 9.12. The average Bonchev–Trinajstić information content (AvgIpc) is 2.68. The molecule has 0 unspecified atom stereocenters. The summed E-state index contributed by atoms with van der Waals surface area (Å²) in [5, 5.41) is 0. The van der Waals surface area contributed by atoms with Gasteiger partial charge < -0.3 is 4.90 Å². The number of hydrogen-bond donors (Lipinski definition) is 0. The fraction of sp³-hybridized carbons (Fsp3) is 0.217. The van der Waals surface area contributed by atoms with Gasteiger partial charge in [-0.1, -0.05) is 50.8 Å². The lowest BCUT2D eigenvalue weighted by atomic mass is 9.93. The van der Waals surface area contributed by atoms with E-state index in [0.717, 1.165) is 4.90 Å². The smallest absolute Gasteiger partial charge is 0.256 e. The molecule has 0 radical (unpaired) electrons. The van der Waals surface area contributed by atoms with Crippen LogP contribution in [0.2, 0.25) is 0 Å². The first kappa shape index (κ1) is 22.9.